The van der Waals surface area contributed by atoms with Gasteiger partial charge in [-0.25, -0.2) is 4.39 Å². The first-order chi connectivity index (χ1) is 5.18. The number of rotatable bonds is 2. The van der Waals surface area contributed by atoms with E-state index in [4.69, 9.17) is 0 Å². The van der Waals surface area contributed by atoms with Gasteiger partial charge >= 0.3 is 0 Å². The zero-order chi connectivity index (χ0) is 8.27. The molecule has 2 nitrogen and oxygen atoms in total. The highest BCUT2D eigenvalue weighted by Crippen LogP contribution is 2.10. The number of nitrogens with one attached hydrogen (secondary N) is 1. The molecule has 1 heterocycles. The lowest BCUT2D eigenvalue weighted by atomic mass is 10.2. The third kappa shape index (κ3) is 2.80. The van der Waals surface area contributed by atoms with Gasteiger partial charge in [0.1, 0.15) is 6.17 Å². The van der Waals surface area contributed by atoms with Gasteiger partial charge < -0.3 is 5.32 Å². The third-order valence-corrected chi connectivity index (χ3v) is 1.67. The van der Waals surface area contributed by atoms with E-state index in [1.165, 1.54) is 13.0 Å². The standard InChI is InChI=1S/C8H12FNO/c1-6(11)2-3-8-4-7(9)5-10-8/h2-3,7-8,10H,4-5H2,1H3/b3-2+/t7-,8-/m0/s1. The number of alkyl halides is 1. The van der Waals surface area contributed by atoms with Gasteiger partial charge in [-0.05, 0) is 19.4 Å². The molecule has 1 aliphatic heterocycles. The van der Waals surface area contributed by atoms with Crippen LogP contribution in [-0.2, 0) is 4.79 Å². The highest BCUT2D eigenvalue weighted by molar-refractivity contribution is 5.87. The fourth-order valence-corrected chi connectivity index (χ4v) is 1.12. The van der Waals surface area contributed by atoms with Crippen LogP contribution >= 0.6 is 0 Å². The van der Waals surface area contributed by atoms with Crippen LogP contribution in [0.15, 0.2) is 12.2 Å². The predicted molar refractivity (Wildman–Crippen MR) is 41.1 cm³/mol. The Morgan fingerprint density at radius 3 is 2.91 bits per heavy atom. The molecular weight excluding hydrogens is 145 g/mol. The van der Waals surface area contributed by atoms with E-state index in [1.807, 2.05) is 0 Å². The van der Waals surface area contributed by atoms with E-state index in [1.54, 1.807) is 6.08 Å². The maximum Gasteiger partial charge on any atom is 0.152 e. The van der Waals surface area contributed by atoms with Crippen LogP contribution in [0.2, 0.25) is 0 Å². The molecule has 0 aliphatic carbocycles. The molecule has 3 heteroatoms. The van der Waals surface area contributed by atoms with Crippen molar-refractivity contribution in [3.8, 4) is 0 Å². The minimum atomic E-state index is -0.753. The first kappa shape index (κ1) is 8.40. The molecule has 2 atom stereocenters. The Morgan fingerprint density at radius 2 is 2.45 bits per heavy atom. The summed E-state index contributed by atoms with van der Waals surface area (Å²) in [6, 6.07) is 0.0499. The Bertz CT molecular complexity index is 179. The quantitative estimate of drug-likeness (QED) is 0.601. The highest BCUT2D eigenvalue weighted by Gasteiger charge is 2.20. The summed E-state index contributed by atoms with van der Waals surface area (Å²) in [6.07, 6.45) is 2.94. The van der Waals surface area contributed by atoms with Gasteiger partial charge in [-0.3, -0.25) is 4.79 Å². The Morgan fingerprint density at radius 1 is 1.73 bits per heavy atom. The topological polar surface area (TPSA) is 29.1 Å². The lowest BCUT2D eigenvalue weighted by Crippen LogP contribution is -2.18. The van der Waals surface area contributed by atoms with Crippen LogP contribution in [0.1, 0.15) is 13.3 Å². The van der Waals surface area contributed by atoms with E-state index in [9.17, 15) is 9.18 Å². The van der Waals surface area contributed by atoms with Crippen molar-refractivity contribution < 1.29 is 9.18 Å². The molecule has 0 spiro atoms. The fourth-order valence-electron chi connectivity index (χ4n) is 1.12. The molecule has 0 saturated carbocycles. The summed E-state index contributed by atoms with van der Waals surface area (Å²) in [5.74, 6) is 0.00843. The van der Waals surface area contributed by atoms with Gasteiger partial charge in [-0.15, -0.1) is 0 Å². The Hall–Kier alpha value is -0.700. The van der Waals surface area contributed by atoms with Crippen LogP contribution in [-0.4, -0.2) is 24.5 Å². The second-order valence-electron chi connectivity index (χ2n) is 2.82. The monoisotopic (exact) mass is 157 g/mol. The number of hydrogen-bond donors (Lipinski definition) is 1. The second-order valence-corrected chi connectivity index (χ2v) is 2.82. The van der Waals surface area contributed by atoms with Crippen molar-refractivity contribution in [3.63, 3.8) is 0 Å². The summed E-state index contributed by atoms with van der Waals surface area (Å²) in [7, 11) is 0. The van der Waals surface area contributed by atoms with Gasteiger partial charge in [0.15, 0.2) is 5.78 Å². The largest absolute Gasteiger partial charge is 0.308 e. The van der Waals surface area contributed by atoms with Gasteiger partial charge in [0.25, 0.3) is 0 Å². The molecule has 1 fully saturated rings. The molecule has 0 bridgehead atoms. The van der Waals surface area contributed by atoms with E-state index in [2.05, 4.69) is 5.32 Å². The summed E-state index contributed by atoms with van der Waals surface area (Å²) in [4.78, 5) is 10.5. The maximum atomic E-state index is 12.5. The predicted octanol–water partition coefficient (Wildman–Crippen LogP) is 0.832. The molecule has 1 aliphatic rings. The lowest BCUT2D eigenvalue weighted by molar-refractivity contribution is -0.112. The SMILES string of the molecule is CC(=O)/C=C/[C@H]1C[C@H](F)CN1. The minimum Gasteiger partial charge on any atom is -0.308 e. The lowest BCUT2D eigenvalue weighted by Gasteiger charge is -1.99. The Kier molecular flexibility index (Phi) is 2.76. The zero-order valence-electron chi connectivity index (χ0n) is 6.51. The van der Waals surface area contributed by atoms with Crippen molar-refractivity contribution in [2.24, 2.45) is 0 Å². The number of hydrogen-bond acceptors (Lipinski definition) is 2. The van der Waals surface area contributed by atoms with Crippen molar-refractivity contribution in [1.29, 1.82) is 0 Å². The van der Waals surface area contributed by atoms with E-state index in [0.717, 1.165) is 0 Å². The Labute approximate surface area is 65.5 Å². The summed E-state index contributed by atoms with van der Waals surface area (Å²) in [6.45, 7) is 1.89. The summed E-state index contributed by atoms with van der Waals surface area (Å²) in [5.41, 5.74) is 0. The molecule has 0 unspecified atom stereocenters. The molecule has 0 aromatic carbocycles. The van der Waals surface area contributed by atoms with Crippen LogP contribution < -0.4 is 5.32 Å². The average molecular weight is 157 g/mol. The van der Waals surface area contributed by atoms with Gasteiger partial charge in [0.2, 0.25) is 0 Å². The molecule has 0 radical (unpaired) electrons. The molecule has 0 aromatic heterocycles. The summed E-state index contributed by atoms with van der Waals surface area (Å²) in [5, 5.41) is 2.95. The number of ketones is 1. The van der Waals surface area contributed by atoms with E-state index < -0.39 is 6.17 Å². The van der Waals surface area contributed by atoms with Crippen LogP contribution in [0, 0.1) is 0 Å². The van der Waals surface area contributed by atoms with Crippen LogP contribution in [0.3, 0.4) is 0 Å². The molecule has 11 heavy (non-hydrogen) atoms. The van der Waals surface area contributed by atoms with Crippen molar-refractivity contribution in [2.45, 2.75) is 25.6 Å². The van der Waals surface area contributed by atoms with Gasteiger partial charge in [-0.1, -0.05) is 6.08 Å². The van der Waals surface area contributed by atoms with Crippen LogP contribution in [0.4, 0.5) is 4.39 Å². The molecule has 1 N–H and O–H groups in total. The molecule has 62 valence electrons. The maximum absolute atomic E-state index is 12.5. The summed E-state index contributed by atoms with van der Waals surface area (Å²) >= 11 is 0. The van der Waals surface area contributed by atoms with Gasteiger partial charge in [0, 0.05) is 12.6 Å². The number of carbonyl (C=O) groups excluding carboxylic acids is 1. The molecule has 0 amide bonds. The second kappa shape index (κ2) is 3.62. The number of carbonyl (C=O) groups is 1. The fraction of sp³-hybridized carbons (Fsp3) is 0.625. The van der Waals surface area contributed by atoms with E-state index in [0.29, 0.717) is 13.0 Å². The first-order valence-corrected chi connectivity index (χ1v) is 3.74. The molecule has 1 rings (SSSR count). The highest BCUT2D eigenvalue weighted by atomic mass is 19.1. The zero-order valence-corrected chi connectivity index (χ0v) is 6.51. The first-order valence-electron chi connectivity index (χ1n) is 3.74. The van der Waals surface area contributed by atoms with Gasteiger partial charge in [0.05, 0.1) is 0 Å². The average Bonchev–Trinajstić information content (AvgIpc) is 2.31. The van der Waals surface area contributed by atoms with Crippen LogP contribution in [0.25, 0.3) is 0 Å². The van der Waals surface area contributed by atoms with Crippen LogP contribution in [0.5, 0.6) is 0 Å². The number of allylic oxidation sites excluding steroid dienone is 1. The van der Waals surface area contributed by atoms with Crippen molar-refractivity contribution in [3.05, 3.63) is 12.2 Å². The molecule has 0 aromatic rings. The smallest absolute Gasteiger partial charge is 0.152 e. The summed E-state index contributed by atoms with van der Waals surface area (Å²) < 4.78 is 12.5. The van der Waals surface area contributed by atoms with Gasteiger partial charge in [-0.2, -0.15) is 0 Å². The van der Waals surface area contributed by atoms with Crippen molar-refractivity contribution in [1.82, 2.24) is 5.32 Å². The molecular formula is C8H12FNO. The third-order valence-electron chi connectivity index (χ3n) is 1.67. The van der Waals surface area contributed by atoms with E-state index in [-0.39, 0.29) is 11.8 Å². The normalized spacial score (nSPS) is 31.5. The van der Waals surface area contributed by atoms with Crippen molar-refractivity contribution >= 4 is 5.78 Å². The molecule has 1 saturated heterocycles. The number of halogens is 1. The Balaban J connectivity index is 2.33. The van der Waals surface area contributed by atoms with Crippen molar-refractivity contribution in [2.75, 3.05) is 6.54 Å². The van der Waals surface area contributed by atoms with E-state index >= 15 is 0 Å². The minimum absolute atomic E-state index is 0.00843.